The molecule has 0 atom stereocenters. The Morgan fingerprint density at radius 1 is 1.06 bits per heavy atom. The Labute approximate surface area is 206 Å². The summed E-state index contributed by atoms with van der Waals surface area (Å²) in [5.41, 5.74) is 3.99. The Bertz CT molecular complexity index is 1270. The van der Waals surface area contributed by atoms with Crippen molar-refractivity contribution < 1.29 is 9.53 Å². The van der Waals surface area contributed by atoms with Gasteiger partial charge in [-0.05, 0) is 75.4 Å². The summed E-state index contributed by atoms with van der Waals surface area (Å²) in [6.45, 7) is 6.34. The van der Waals surface area contributed by atoms with Gasteiger partial charge in [0.2, 0.25) is 0 Å². The van der Waals surface area contributed by atoms with Crippen molar-refractivity contribution in [3.8, 4) is 11.4 Å². The SMILES string of the molecule is CCOc1ccc(NC(=O)c2nnn(-c3ccc(Cl)cc3)c2CSc2nc(C)cc(C)n2)cc1. The molecule has 0 unspecified atom stereocenters. The number of halogens is 1. The topological polar surface area (TPSA) is 94.8 Å². The molecule has 34 heavy (non-hydrogen) atoms. The molecule has 0 bridgehead atoms. The van der Waals surface area contributed by atoms with Gasteiger partial charge < -0.3 is 10.1 Å². The molecule has 2 aromatic heterocycles. The van der Waals surface area contributed by atoms with Gasteiger partial charge in [-0.1, -0.05) is 28.6 Å². The summed E-state index contributed by atoms with van der Waals surface area (Å²) in [5.74, 6) is 0.769. The van der Waals surface area contributed by atoms with Crippen LogP contribution in [0.2, 0.25) is 5.02 Å². The van der Waals surface area contributed by atoms with Crippen LogP contribution in [0.4, 0.5) is 5.69 Å². The second-order valence-electron chi connectivity index (χ2n) is 7.41. The van der Waals surface area contributed by atoms with Crippen LogP contribution in [0.25, 0.3) is 5.69 Å². The van der Waals surface area contributed by atoms with Gasteiger partial charge in [-0.2, -0.15) is 0 Å². The zero-order chi connectivity index (χ0) is 24.1. The Morgan fingerprint density at radius 3 is 2.38 bits per heavy atom. The number of hydrogen-bond donors (Lipinski definition) is 1. The van der Waals surface area contributed by atoms with Crippen LogP contribution >= 0.6 is 23.4 Å². The van der Waals surface area contributed by atoms with Crippen molar-refractivity contribution >= 4 is 35.0 Å². The number of aryl methyl sites for hydroxylation is 2. The van der Waals surface area contributed by atoms with E-state index in [9.17, 15) is 4.79 Å². The molecule has 10 heteroatoms. The van der Waals surface area contributed by atoms with Crippen LogP contribution in [0, 0.1) is 13.8 Å². The number of ether oxygens (including phenoxy) is 1. The molecule has 8 nitrogen and oxygen atoms in total. The lowest BCUT2D eigenvalue weighted by Crippen LogP contribution is -2.15. The van der Waals surface area contributed by atoms with Crippen molar-refractivity contribution in [1.29, 1.82) is 0 Å². The first-order chi connectivity index (χ1) is 16.4. The van der Waals surface area contributed by atoms with Gasteiger partial charge in [0, 0.05) is 27.9 Å². The highest BCUT2D eigenvalue weighted by Gasteiger charge is 2.22. The summed E-state index contributed by atoms with van der Waals surface area (Å²) in [6.07, 6.45) is 0. The summed E-state index contributed by atoms with van der Waals surface area (Å²) >= 11 is 7.47. The molecule has 4 aromatic rings. The van der Waals surface area contributed by atoms with Crippen LogP contribution in [0.5, 0.6) is 5.75 Å². The minimum atomic E-state index is -0.360. The number of benzene rings is 2. The number of carbonyl (C=O) groups excluding carboxylic acids is 1. The average molecular weight is 495 g/mol. The molecule has 174 valence electrons. The smallest absolute Gasteiger partial charge is 0.278 e. The molecule has 0 aliphatic carbocycles. The van der Waals surface area contributed by atoms with Crippen molar-refractivity contribution in [2.45, 2.75) is 31.7 Å². The molecule has 0 fully saturated rings. The minimum Gasteiger partial charge on any atom is -0.494 e. The van der Waals surface area contributed by atoms with Crippen molar-refractivity contribution in [3.05, 3.63) is 82.4 Å². The quantitative estimate of drug-likeness (QED) is 0.263. The first-order valence-corrected chi connectivity index (χ1v) is 12.0. The molecule has 1 amide bonds. The predicted molar refractivity (Wildman–Crippen MR) is 133 cm³/mol. The fourth-order valence-electron chi connectivity index (χ4n) is 3.28. The molecule has 0 radical (unpaired) electrons. The molecule has 4 rings (SSSR count). The van der Waals surface area contributed by atoms with Gasteiger partial charge in [0.1, 0.15) is 5.75 Å². The number of aromatic nitrogens is 5. The van der Waals surface area contributed by atoms with E-state index < -0.39 is 0 Å². The number of hydrogen-bond acceptors (Lipinski definition) is 7. The fraction of sp³-hybridized carbons (Fsp3) is 0.208. The largest absolute Gasteiger partial charge is 0.494 e. The normalized spacial score (nSPS) is 10.8. The molecule has 0 saturated heterocycles. The molecule has 2 aromatic carbocycles. The van der Waals surface area contributed by atoms with Crippen LogP contribution in [0.15, 0.2) is 59.8 Å². The summed E-state index contributed by atoms with van der Waals surface area (Å²) in [7, 11) is 0. The number of rotatable bonds is 8. The zero-order valence-corrected chi connectivity index (χ0v) is 20.5. The number of thioether (sulfide) groups is 1. The third kappa shape index (κ3) is 5.73. The summed E-state index contributed by atoms with van der Waals surface area (Å²) in [6, 6.07) is 16.3. The minimum absolute atomic E-state index is 0.223. The van der Waals surface area contributed by atoms with Crippen molar-refractivity contribution in [2.75, 3.05) is 11.9 Å². The number of nitrogens with one attached hydrogen (secondary N) is 1. The van der Waals surface area contributed by atoms with E-state index in [2.05, 4.69) is 25.6 Å². The maximum Gasteiger partial charge on any atom is 0.278 e. The number of carbonyl (C=O) groups is 1. The highest BCUT2D eigenvalue weighted by Crippen LogP contribution is 2.25. The average Bonchev–Trinajstić information content (AvgIpc) is 3.23. The van der Waals surface area contributed by atoms with E-state index in [1.165, 1.54) is 11.8 Å². The monoisotopic (exact) mass is 494 g/mol. The molecule has 0 spiro atoms. The van der Waals surface area contributed by atoms with E-state index in [-0.39, 0.29) is 11.6 Å². The van der Waals surface area contributed by atoms with E-state index in [0.29, 0.717) is 33.9 Å². The van der Waals surface area contributed by atoms with Gasteiger partial charge in [-0.3, -0.25) is 4.79 Å². The number of amides is 1. The standard InChI is InChI=1S/C24H23ClN6O2S/c1-4-33-20-11-7-18(8-12-20)28-23(32)22-21(14-34-24-26-15(2)13-16(3)27-24)31(30-29-22)19-9-5-17(25)6-10-19/h5-13H,4,14H2,1-3H3,(H,28,32). The van der Waals surface area contributed by atoms with E-state index in [0.717, 1.165) is 22.8 Å². The van der Waals surface area contributed by atoms with Gasteiger partial charge >= 0.3 is 0 Å². The lowest BCUT2D eigenvalue weighted by Gasteiger charge is -2.09. The molecular formula is C24H23ClN6O2S. The second-order valence-corrected chi connectivity index (χ2v) is 8.79. The lowest BCUT2D eigenvalue weighted by molar-refractivity contribution is 0.102. The predicted octanol–water partition coefficient (Wildman–Crippen LogP) is 5.27. The maximum absolute atomic E-state index is 13.1. The highest BCUT2D eigenvalue weighted by molar-refractivity contribution is 7.98. The number of anilines is 1. The fourth-order valence-corrected chi connectivity index (χ4v) is 4.35. The summed E-state index contributed by atoms with van der Waals surface area (Å²) in [4.78, 5) is 22.1. The van der Waals surface area contributed by atoms with Crippen molar-refractivity contribution in [1.82, 2.24) is 25.0 Å². The van der Waals surface area contributed by atoms with Gasteiger partial charge in [-0.25, -0.2) is 14.6 Å². The van der Waals surface area contributed by atoms with Crippen LogP contribution in [0.1, 0.15) is 34.5 Å². The lowest BCUT2D eigenvalue weighted by atomic mass is 10.2. The van der Waals surface area contributed by atoms with Crippen molar-refractivity contribution in [3.63, 3.8) is 0 Å². The molecule has 2 heterocycles. The second kappa shape index (κ2) is 10.7. The Morgan fingerprint density at radius 2 is 1.74 bits per heavy atom. The summed E-state index contributed by atoms with van der Waals surface area (Å²) in [5, 5.41) is 12.6. The Hall–Kier alpha value is -3.43. The number of nitrogens with zero attached hydrogens (tertiary/aromatic N) is 5. The van der Waals surface area contributed by atoms with Gasteiger partial charge in [0.15, 0.2) is 10.9 Å². The van der Waals surface area contributed by atoms with Crippen molar-refractivity contribution in [2.24, 2.45) is 0 Å². The molecule has 0 aliphatic heterocycles. The first kappa shape index (κ1) is 23.7. The van der Waals surface area contributed by atoms with E-state index >= 15 is 0 Å². The van der Waals surface area contributed by atoms with E-state index in [4.69, 9.17) is 16.3 Å². The van der Waals surface area contributed by atoms with E-state index in [1.54, 1.807) is 41.1 Å². The third-order valence-electron chi connectivity index (χ3n) is 4.77. The van der Waals surface area contributed by atoms with Crippen LogP contribution in [-0.2, 0) is 5.75 Å². The van der Waals surface area contributed by atoms with Crippen LogP contribution in [0.3, 0.4) is 0 Å². The first-order valence-electron chi connectivity index (χ1n) is 10.6. The van der Waals surface area contributed by atoms with Gasteiger partial charge in [-0.15, -0.1) is 5.10 Å². The Balaban J connectivity index is 1.62. The van der Waals surface area contributed by atoms with Gasteiger partial charge in [0.05, 0.1) is 18.0 Å². The maximum atomic E-state index is 13.1. The molecule has 0 aliphatic rings. The molecule has 1 N–H and O–H groups in total. The zero-order valence-electron chi connectivity index (χ0n) is 18.9. The van der Waals surface area contributed by atoms with Crippen LogP contribution in [-0.4, -0.2) is 37.5 Å². The Kier molecular flexibility index (Phi) is 7.44. The third-order valence-corrected chi connectivity index (χ3v) is 5.88. The van der Waals surface area contributed by atoms with Gasteiger partial charge in [0.25, 0.3) is 5.91 Å². The van der Waals surface area contributed by atoms with E-state index in [1.807, 2.05) is 39.0 Å². The molecular weight excluding hydrogens is 472 g/mol. The van der Waals surface area contributed by atoms with Crippen LogP contribution < -0.4 is 10.1 Å². The molecule has 0 saturated carbocycles. The highest BCUT2D eigenvalue weighted by atomic mass is 35.5. The summed E-state index contributed by atoms with van der Waals surface area (Å²) < 4.78 is 7.10.